The fourth-order valence-corrected chi connectivity index (χ4v) is 3.98. The van der Waals surface area contributed by atoms with Crippen molar-refractivity contribution in [1.29, 1.82) is 0 Å². The SMILES string of the molecule is CCc1cc(O)c2c3c(C(=O)OC)cccc3n(Cc3cccc(C(F)(F)F)c3)c2c1. The number of esters is 1. The number of carbonyl (C=O) groups is 1. The summed E-state index contributed by atoms with van der Waals surface area (Å²) in [4.78, 5) is 12.4. The van der Waals surface area contributed by atoms with Crippen LogP contribution in [-0.2, 0) is 23.9 Å². The smallest absolute Gasteiger partial charge is 0.416 e. The third-order valence-corrected chi connectivity index (χ3v) is 5.44. The van der Waals surface area contributed by atoms with Crippen LogP contribution in [0.5, 0.6) is 5.75 Å². The van der Waals surface area contributed by atoms with E-state index >= 15 is 0 Å². The number of aromatic nitrogens is 1. The van der Waals surface area contributed by atoms with Crippen molar-refractivity contribution in [3.8, 4) is 5.75 Å². The Morgan fingerprint density at radius 1 is 1.00 bits per heavy atom. The average molecular weight is 427 g/mol. The van der Waals surface area contributed by atoms with Crippen molar-refractivity contribution in [3.63, 3.8) is 0 Å². The van der Waals surface area contributed by atoms with Gasteiger partial charge in [-0.3, -0.25) is 0 Å². The molecule has 0 bridgehead atoms. The maximum atomic E-state index is 13.2. The van der Waals surface area contributed by atoms with Crippen molar-refractivity contribution >= 4 is 27.8 Å². The molecule has 0 radical (unpaired) electrons. The van der Waals surface area contributed by atoms with Crippen LogP contribution in [0.3, 0.4) is 0 Å². The monoisotopic (exact) mass is 427 g/mol. The summed E-state index contributed by atoms with van der Waals surface area (Å²) in [5.74, 6) is -0.541. The lowest BCUT2D eigenvalue weighted by Crippen LogP contribution is -2.07. The molecule has 7 heteroatoms. The zero-order valence-electron chi connectivity index (χ0n) is 17.0. The Morgan fingerprint density at radius 2 is 1.74 bits per heavy atom. The minimum Gasteiger partial charge on any atom is -0.507 e. The number of carbonyl (C=O) groups excluding carboxylic acids is 1. The molecule has 3 aromatic carbocycles. The van der Waals surface area contributed by atoms with Gasteiger partial charge in [0, 0.05) is 11.9 Å². The first kappa shape index (κ1) is 20.8. The van der Waals surface area contributed by atoms with E-state index in [1.54, 1.807) is 30.3 Å². The highest BCUT2D eigenvalue weighted by Gasteiger charge is 2.30. The fourth-order valence-electron chi connectivity index (χ4n) is 3.98. The van der Waals surface area contributed by atoms with Crippen LogP contribution in [0.1, 0.15) is 34.0 Å². The minimum absolute atomic E-state index is 0.0125. The maximum absolute atomic E-state index is 13.2. The lowest BCUT2D eigenvalue weighted by Gasteiger charge is -2.12. The minimum atomic E-state index is -4.44. The molecule has 0 aliphatic carbocycles. The van der Waals surface area contributed by atoms with Gasteiger partial charge in [0.1, 0.15) is 5.75 Å². The second kappa shape index (κ2) is 7.65. The third-order valence-electron chi connectivity index (χ3n) is 5.44. The van der Waals surface area contributed by atoms with Gasteiger partial charge < -0.3 is 14.4 Å². The number of hydrogen-bond acceptors (Lipinski definition) is 3. The molecule has 0 saturated heterocycles. The Morgan fingerprint density at radius 3 is 2.42 bits per heavy atom. The Hall–Kier alpha value is -3.48. The van der Waals surface area contributed by atoms with Gasteiger partial charge in [-0.15, -0.1) is 0 Å². The van der Waals surface area contributed by atoms with E-state index in [0.29, 0.717) is 33.8 Å². The zero-order valence-corrected chi connectivity index (χ0v) is 17.0. The Balaban J connectivity index is 2.02. The second-order valence-corrected chi connectivity index (χ2v) is 7.34. The maximum Gasteiger partial charge on any atom is 0.416 e. The van der Waals surface area contributed by atoms with Crippen molar-refractivity contribution in [1.82, 2.24) is 4.57 Å². The highest BCUT2D eigenvalue weighted by molar-refractivity contribution is 6.19. The fraction of sp³-hybridized carbons (Fsp3) is 0.208. The molecule has 1 heterocycles. The van der Waals surface area contributed by atoms with Crippen molar-refractivity contribution in [3.05, 3.63) is 76.9 Å². The van der Waals surface area contributed by atoms with Crippen LogP contribution in [0, 0.1) is 0 Å². The molecule has 0 aliphatic heterocycles. The predicted molar refractivity (Wildman–Crippen MR) is 112 cm³/mol. The van der Waals surface area contributed by atoms with Gasteiger partial charge in [0.25, 0.3) is 0 Å². The van der Waals surface area contributed by atoms with Crippen molar-refractivity contribution in [2.24, 2.45) is 0 Å². The van der Waals surface area contributed by atoms with Crippen LogP contribution < -0.4 is 0 Å². The van der Waals surface area contributed by atoms with Gasteiger partial charge in [-0.2, -0.15) is 13.2 Å². The molecule has 0 amide bonds. The summed E-state index contributed by atoms with van der Waals surface area (Å²) >= 11 is 0. The Kier molecular flexibility index (Phi) is 5.13. The van der Waals surface area contributed by atoms with E-state index in [2.05, 4.69) is 0 Å². The van der Waals surface area contributed by atoms with Crippen LogP contribution >= 0.6 is 0 Å². The molecule has 0 aliphatic rings. The van der Waals surface area contributed by atoms with Gasteiger partial charge in [-0.1, -0.05) is 25.1 Å². The Labute approximate surface area is 176 Å². The quantitative estimate of drug-likeness (QED) is 0.412. The van der Waals surface area contributed by atoms with Crippen LogP contribution in [0.4, 0.5) is 13.2 Å². The number of phenols is 1. The number of fused-ring (bicyclic) bond motifs is 3. The van der Waals surface area contributed by atoms with Gasteiger partial charge >= 0.3 is 12.1 Å². The molecule has 1 N–H and O–H groups in total. The molecule has 160 valence electrons. The van der Waals surface area contributed by atoms with Crippen LogP contribution in [0.2, 0.25) is 0 Å². The number of benzene rings is 3. The largest absolute Gasteiger partial charge is 0.507 e. The molecule has 0 unspecified atom stereocenters. The number of ether oxygens (including phenoxy) is 1. The lowest BCUT2D eigenvalue weighted by molar-refractivity contribution is -0.137. The summed E-state index contributed by atoms with van der Waals surface area (Å²) in [6, 6.07) is 13.8. The number of methoxy groups -OCH3 is 1. The first-order valence-electron chi connectivity index (χ1n) is 9.75. The van der Waals surface area contributed by atoms with E-state index in [9.17, 15) is 23.1 Å². The predicted octanol–water partition coefficient (Wildman–Crippen LogP) is 5.92. The van der Waals surface area contributed by atoms with Crippen molar-refractivity contribution in [2.75, 3.05) is 7.11 Å². The number of aryl methyl sites for hydroxylation is 1. The zero-order chi connectivity index (χ0) is 22.3. The first-order valence-corrected chi connectivity index (χ1v) is 9.75. The summed E-state index contributed by atoms with van der Waals surface area (Å²) in [6.07, 6.45) is -3.78. The molecule has 0 spiro atoms. The molecule has 1 aromatic heterocycles. The van der Waals surface area contributed by atoms with Gasteiger partial charge in [0.05, 0.1) is 34.7 Å². The van der Waals surface area contributed by atoms with E-state index in [4.69, 9.17) is 4.74 Å². The van der Waals surface area contributed by atoms with Gasteiger partial charge in [-0.05, 0) is 53.9 Å². The number of aromatic hydroxyl groups is 1. The number of alkyl halides is 3. The van der Waals surface area contributed by atoms with Crippen LogP contribution in [0.25, 0.3) is 21.8 Å². The number of rotatable bonds is 4. The average Bonchev–Trinajstić information content (AvgIpc) is 3.06. The highest BCUT2D eigenvalue weighted by atomic mass is 19.4. The van der Waals surface area contributed by atoms with Gasteiger partial charge in [-0.25, -0.2) is 4.79 Å². The molecule has 0 fully saturated rings. The standard InChI is InChI=1S/C24H20F3NO3/c1-3-14-11-19-22(20(29)12-14)21-17(23(30)31-2)8-5-9-18(21)28(19)13-15-6-4-7-16(10-15)24(25,26)27/h4-12,29H,3,13H2,1-2H3. The number of nitrogens with zero attached hydrogens (tertiary/aromatic N) is 1. The van der Waals surface area contributed by atoms with E-state index in [0.717, 1.165) is 17.7 Å². The molecule has 31 heavy (non-hydrogen) atoms. The van der Waals surface area contributed by atoms with Gasteiger partial charge in [0.15, 0.2) is 0 Å². The molecular formula is C24H20F3NO3. The first-order chi connectivity index (χ1) is 14.7. The lowest BCUT2D eigenvalue weighted by atomic mass is 10.0. The number of hydrogen-bond donors (Lipinski definition) is 1. The van der Waals surface area contributed by atoms with E-state index in [-0.39, 0.29) is 17.9 Å². The van der Waals surface area contributed by atoms with E-state index < -0.39 is 17.7 Å². The summed E-state index contributed by atoms with van der Waals surface area (Å²) in [5, 5.41) is 11.8. The van der Waals surface area contributed by atoms with Crippen molar-refractivity contribution < 1.29 is 27.8 Å². The summed E-state index contributed by atoms with van der Waals surface area (Å²) in [5.41, 5.74) is 2.15. The second-order valence-electron chi connectivity index (χ2n) is 7.34. The summed E-state index contributed by atoms with van der Waals surface area (Å²) < 4.78 is 46.3. The highest BCUT2D eigenvalue weighted by Crippen LogP contribution is 2.39. The van der Waals surface area contributed by atoms with Gasteiger partial charge in [0.2, 0.25) is 0 Å². The molecule has 0 atom stereocenters. The molecular weight excluding hydrogens is 407 g/mol. The molecule has 4 rings (SSSR count). The Bertz CT molecular complexity index is 1310. The van der Waals surface area contributed by atoms with Crippen LogP contribution in [-0.4, -0.2) is 22.8 Å². The van der Waals surface area contributed by atoms with Crippen LogP contribution in [0.15, 0.2) is 54.6 Å². The molecule has 4 aromatic rings. The molecule has 4 nitrogen and oxygen atoms in total. The van der Waals surface area contributed by atoms with Crippen molar-refractivity contribution in [2.45, 2.75) is 26.1 Å². The molecule has 0 saturated carbocycles. The normalized spacial score (nSPS) is 11.9. The summed E-state index contributed by atoms with van der Waals surface area (Å²) in [6.45, 7) is 2.08. The third kappa shape index (κ3) is 3.60. The number of halogens is 3. The van der Waals surface area contributed by atoms with E-state index in [1.807, 2.05) is 17.6 Å². The summed E-state index contributed by atoms with van der Waals surface area (Å²) in [7, 11) is 1.28. The number of phenolic OH excluding ortho intramolecular Hbond substituents is 1. The topological polar surface area (TPSA) is 51.5 Å². The van der Waals surface area contributed by atoms with E-state index in [1.165, 1.54) is 13.2 Å².